The maximum atomic E-state index is 12.5. The Kier molecular flexibility index (Phi) is 5.09. The number of halogens is 1. The van der Waals surface area contributed by atoms with E-state index in [1.54, 1.807) is 19.2 Å². The average molecular weight is 442 g/mol. The lowest BCUT2D eigenvalue weighted by Gasteiger charge is -2.08. The van der Waals surface area contributed by atoms with Crippen LogP contribution in [0.2, 0.25) is 0 Å². The van der Waals surface area contributed by atoms with Crippen LogP contribution in [-0.2, 0) is 6.54 Å². The molecule has 2 heterocycles. The van der Waals surface area contributed by atoms with E-state index in [2.05, 4.69) is 38.5 Å². The number of para-hydroxylation sites is 1. The first-order chi connectivity index (χ1) is 13.6. The summed E-state index contributed by atoms with van der Waals surface area (Å²) in [4.78, 5) is 12.5. The van der Waals surface area contributed by atoms with Gasteiger partial charge < -0.3 is 14.5 Å². The second-order valence-electron chi connectivity index (χ2n) is 6.58. The van der Waals surface area contributed by atoms with Crippen LogP contribution in [0.15, 0.2) is 51.6 Å². The van der Waals surface area contributed by atoms with Gasteiger partial charge in [-0.25, -0.2) is 0 Å². The van der Waals surface area contributed by atoms with E-state index in [0.717, 1.165) is 34.9 Å². The van der Waals surface area contributed by atoms with Crippen LogP contribution in [0.25, 0.3) is 21.9 Å². The van der Waals surface area contributed by atoms with Crippen molar-refractivity contribution in [3.63, 3.8) is 0 Å². The lowest BCUT2D eigenvalue weighted by molar-refractivity contribution is 0.0952. The first-order valence-corrected chi connectivity index (χ1v) is 9.83. The highest BCUT2D eigenvalue weighted by molar-refractivity contribution is 9.10. The van der Waals surface area contributed by atoms with Crippen LogP contribution in [0.5, 0.6) is 5.75 Å². The van der Waals surface area contributed by atoms with Crippen LogP contribution in [0.3, 0.4) is 0 Å². The van der Waals surface area contributed by atoms with Crippen molar-refractivity contribution in [1.29, 1.82) is 0 Å². The summed E-state index contributed by atoms with van der Waals surface area (Å²) in [6, 6.07) is 13.4. The number of furan rings is 1. The molecule has 0 aliphatic rings. The number of hydrogen-bond donors (Lipinski definition) is 1. The molecule has 0 spiro atoms. The molecular weight excluding hydrogens is 422 g/mol. The number of rotatable bonds is 6. The van der Waals surface area contributed by atoms with Gasteiger partial charge in [-0.2, -0.15) is 5.10 Å². The molecule has 0 atom stereocenters. The van der Waals surface area contributed by atoms with Crippen LogP contribution < -0.4 is 10.1 Å². The number of hydrogen-bond acceptors (Lipinski definition) is 4. The van der Waals surface area contributed by atoms with E-state index in [9.17, 15) is 4.79 Å². The Labute approximate surface area is 170 Å². The Morgan fingerprint density at radius 3 is 2.89 bits per heavy atom. The number of nitrogens with zero attached hydrogens (tertiary/aromatic N) is 2. The topological polar surface area (TPSA) is 69.3 Å². The highest BCUT2D eigenvalue weighted by Crippen LogP contribution is 2.32. The standard InChI is InChI=1S/C21H20BrN3O3/c1-13-15-6-3-4-7-17(15)25(24-13)9-5-8-23-21(26)14-10-18(27-2)16-12-20(22)28-19(16)11-14/h3-4,6-7,10-12H,5,8-9H2,1-2H3,(H,23,26). The molecule has 0 radical (unpaired) electrons. The zero-order chi connectivity index (χ0) is 19.7. The van der Waals surface area contributed by atoms with Crippen LogP contribution in [-0.4, -0.2) is 29.3 Å². The second-order valence-corrected chi connectivity index (χ2v) is 7.36. The van der Waals surface area contributed by atoms with Crippen LogP contribution in [0.4, 0.5) is 0 Å². The second kappa shape index (κ2) is 7.67. The van der Waals surface area contributed by atoms with E-state index < -0.39 is 0 Å². The van der Waals surface area contributed by atoms with Gasteiger partial charge in [0.1, 0.15) is 11.3 Å². The summed E-state index contributed by atoms with van der Waals surface area (Å²) in [7, 11) is 1.58. The molecule has 28 heavy (non-hydrogen) atoms. The third-order valence-electron chi connectivity index (χ3n) is 4.73. The summed E-state index contributed by atoms with van der Waals surface area (Å²) in [5.74, 6) is 0.449. The molecule has 2 aromatic heterocycles. The van der Waals surface area contributed by atoms with E-state index in [1.807, 2.05) is 29.8 Å². The molecule has 4 rings (SSSR count). The Morgan fingerprint density at radius 2 is 2.07 bits per heavy atom. The number of carbonyl (C=O) groups excluding carboxylic acids is 1. The molecule has 2 aromatic carbocycles. The lowest BCUT2D eigenvalue weighted by atomic mass is 10.1. The predicted octanol–water partition coefficient (Wildman–Crippen LogP) is 4.68. The molecular formula is C21H20BrN3O3. The van der Waals surface area contributed by atoms with E-state index in [-0.39, 0.29) is 5.91 Å². The zero-order valence-corrected chi connectivity index (χ0v) is 17.2. The number of fused-ring (bicyclic) bond motifs is 2. The molecule has 7 heteroatoms. The van der Waals surface area contributed by atoms with Gasteiger partial charge >= 0.3 is 0 Å². The van der Waals surface area contributed by atoms with Crippen LogP contribution in [0, 0.1) is 6.92 Å². The first kappa shape index (κ1) is 18.6. The van der Waals surface area contributed by atoms with Gasteiger partial charge in [0.2, 0.25) is 0 Å². The average Bonchev–Trinajstić information content (AvgIpc) is 3.23. The van der Waals surface area contributed by atoms with Crippen molar-refractivity contribution in [2.24, 2.45) is 0 Å². The molecule has 0 fully saturated rings. The van der Waals surface area contributed by atoms with E-state index in [0.29, 0.717) is 28.1 Å². The predicted molar refractivity (Wildman–Crippen MR) is 112 cm³/mol. The molecule has 0 saturated carbocycles. The molecule has 0 aliphatic heterocycles. The fourth-order valence-electron chi connectivity index (χ4n) is 3.37. The zero-order valence-electron chi connectivity index (χ0n) is 15.7. The third-order valence-corrected chi connectivity index (χ3v) is 5.12. The number of ether oxygens (including phenoxy) is 1. The molecule has 0 unspecified atom stereocenters. The monoisotopic (exact) mass is 441 g/mol. The van der Waals surface area contributed by atoms with Crippen LogP contribution in [0.1, 0.15) is 22.5 Å². The normalized spacial score (nSPS) is 11.2. The highest BCUT2D eigenvalue weighted by Gasteiger charge is 2.14. The molecule has 6 nitrogen and oxygen atoms in total. The van der Waals surface area contributed by atoms with Crippen LogP contribution >= 0.6 is 15.9 Å². The number of amides is 1. The quantitative estimate of drug-likeness (QED) is 0.441. The Hall–Kier alpha value is -2.80. The van der Waals surface area contributed by atoms with Gasteiger partial charge in [0.15, 0.2) is 4.67 Å². The smallest absolute Gasteiger partial charge is 0.251 e. The van der Waals surface area contributed by atoms with Gasteiger partial charge in [-0.05, 0) is 47.5 Å². The maximum absolute atomic E-state index is 12.5. The molecule has 144 valence electrons. The molecule has 0 aliphatic carbocycles. The third kappa shape index (κ3) is 3.49. The lowest BCUT2D eigenvalue weighted by Crippen LogP contribution is -2.25. The Bertz CT molecular complexity index is 1160. The van der Waals surface area contributed by atoms with Gasteiger partial charge in [0, 0.05) is 30.1 Å². The Balaban J connectivity index is 1.41. The van der Waals surface area contributed by atoms with Crippen molar-refractivity contribution in [3.05, 3.63) is 58.4 Å². The molecule has 1 N–H and O–H groups in total. The summed E-state index contributed by atoms with van der Waals surface area (Å²) < 4.78 is 13.5. The van der Waals surface area contributed by atoms with Crippen molar-refractivity contribution >= 4 is 43.7 Å². The van der Waals surface area contributed by atoms with Gasteiger partial charge in [0.25, 0.3) is 5.91 Å². The number of aryl methyl sites for hydroxylation is 2. The van der Waals surface area contributed by atoms with Crippen molar-refractivity contribution in [1.82, 2.24) is 15.1 Å². The summed E-state index contributed by atoms with van der Waals surface area (Å²) in [6.45, 7) is 3.30. The van der Waals surface area contributed by atoms with E-state index in [1.165, 1.54) is 0 Å². The summed E-state index contributed by atoms with van der Waals surface area (Å²) >= 11 is 3.31. The van der Waals surface area contributed by atoms with Gasteiger partial charge in [-0.1, -0.05) is 18.2 Å². The number of nitrogens with one attached hydrogen (secondary N) is 1. The van der Waals surface area contributed by atoms with E-state index in [4.69, 9.17) is 9.15 Å². The van der Waals surface area contributed by atoms with E-state index >= 15 is 0 Å². The minimum Gasteiger partial charge on any atom is -0.496 e. The fraction of sp³-hybridized carbons (Fsp3) is 0.238. The maximum Gasteiger partial charge on any atom is 0.251 e. The van der Waals surface area contributed by atoms with Crippen molar-refractivity contribution in [2.45, 2.75) is 19.9 Å². The number of methoxy groups -OCH3 is 1. The SMILES string of the molecule is COc1cc(C(=O)NCCCn2nc(C)c3ccccc32)cc2oc(Br)cc12. The minimum atomic E-state index is -0.158. The molecule has 1 amide bonds. The van der Waals surface area contributed by atoms with Crippen molar-refractivity contribution < 1.29 is 13.9 Å². The minimum absolute atomic E-state index is 0.158. The van der Waals surface area contributed by atoms with Crippen molar-refractivity contribution in [2.75, 3.05) is 13.7 Å². The first-order valence-electron chi connectivity index (χ1n) is 9.04. The Morgan fingerprint density at radius 1 is 1.25 bits per heavy atom. The largest absolute Gasteiger partial charge is 0.496 e. The molecule has 0 saturated heterocycles. The summed E-state index contributed by atoms with van der Waals surface area (Å²) in [5, 5.41) is 9.54. The summed E-state index contributed by atoms with van der Waals surface area (Å²) in [5.41, 5.74) is 3.25. The number of benzene rings is 2. The number of carbonyl (C=O) groups is 1. The van der Waals surface area contributed by atoms with Gasteiger partial charge in [-0.3, -0.25) is 9.48 Å². The molecule has 4 aromatic rings. The van der Waals surface area contributed by atoms with Crippen molar-refractivity contribution in [3.8, 4) is 5.75 Å². The van der Waals surface area contributed by atoms with Gasteiger partial charge in [0.05, 0.1) is 23.7 Å². The summed E-state index contributed by atoms with van der Waals surface area (Å²) in [6.07, 6.45) is 0.780. The number of aromatic nitrogens is 2. The molecule has 0 bridgehead atoms. The van der Waals surface area contributed by atoms with Gasteiger partial charge in [-0.15, -0.1) is 0 Å². The highest BCUT2D eigenvalue weighted by atomic mass is 79.9. The fourth-order valence-corrected chi connectivity index (χ4v) is 3.78.